The third-order valence-corrected chi connectivity index (χ3v) is 4.34. The van der Waals surface area contributed by atoms with E-state index in [1.165, 1.54) is 6.07 Å². The molecule has 0 saturated heterocycles. The largest absolute Gasteiger partial charge is 0.476 e. The third-order valence-electron chi connectivity index (χ3n) is 2.57. The highest BCUT2D eigenvalue weighted by molar-refractivity contribution is 7.86. The molecule has 2 aromatic rings. The predicted molar refractivity (Wildman–Crippen MR) is 75.1 cm³/mol. The van der Waals surface area contributed by atoms with Gasteiger partial charge >= 0.3 is 5.51 Å². The molecule has 5 nitrogen and oxygen atoms in total. The Hall–Kier alpha value is -1.83. The number of hydrogen-bond donors (Lipinski definition) is 1. The number of nitriles is 1. The molecule has 0 aliphatic heterocycles. The summed E-state index contributed by atoms with van der Waals surface area (Å²) in [7, 11) is -3.59. The van der Waals surface area contributed by atoms with Crippen LogP contribution in [0.3, 0.4) is 0 Å². The van der Waals surface area contributed by atoms with Crippen LogP contribution in [0.5, 0.6) is 0 Å². The molecule has 1 unspecified atom stereocenters. The first-order chi connectivity index (χ1) is 10.6. The van der Waals surface area contributed by atoms with E-state index in [-0.39, 0.29) is 15.7 Å². The number of alkyl halides is 3. The van der Waals surface area contributed by atoms with Gasteiger partial charge in [0.05, 0.1) is 10.0 Å². The number of rotatable bonds is 2. The summed E-state index contributed by atoms with van der Waals surface area (Å²) in [6, 6.07) is 3.02. The first-order valence-corrected chi connectivity index (χ1v) is 7.40. The van der Waals surface area contributed by atoms with Gasteiger partial charge in [0.15, 0.2) is 16.5 Å². The van der Waals surface area contributed by atoms with Gasteiger partial charge in [-0.1, -0.05) is 23.2 Å². The average Bonchev–Trinajstić information content (AvgIpc) is 2.73. The van der Waals surface area contributed by atoms with Gasteiger partial charge < -0.3 is 5.73 Å². The van der Waals surface area contributed by atoms with Gasteiger partial charge in [-0.05, 0) is 12.1 Å². The summed E-state index contributed by atoms with van der Waals surface area (Å²) in [4.78, 5) is -1.02. The molecule has 0 saturated carbocycles. The minimum atomic E-state index is -5.15. The number of nitrogens with zero attached hydrogens (tertiary/aromatic N) is 3. The molecule has 2 N–H and O–H groups in total. The summed E-state index contributed by atoms with van der Waals surface area (Å²) >= 11 is 11.6. The summed E-state index contributed by atoms with van der Waals surface area (Å²) < 4.78 is 63.3. The van der Waals surface area contributed by atoms with Gasteiger partial charge in [0.2, 0.25) is 0 Å². The van der Waals surface area contributed by atoms with Gasteiger partial charge in [-0.3, -0.25) is 0 Å². The van der Waals surface area contributed by atoms with E-state index in [9.17, 15) is 21.8 Å². The van der Waals surface area contributed by atoms with Crippen molar-refractivity contribution in [1.29, 1.82) is 5.26 Å². The van der Waals surface area contributed by atoms with Crippen molar-refractivity contribution in [3.8, 4) is 11.8 Å². The number of nitrogen functional groups attached to an aromatic ring is 1. The van der Waals surface area contributed by atoms with Crippen LogP contribution in [-0.2, 0) is 10.8 Å². The monoisotopic (exact) mass is 386 g/mol. The normalized spacial score (nSPS) is 12.9. The van der Waals surface area contributed by atoms with E-state index in [0.29, 0.717) is 4.68 Å². The molecule has 0 spiro atoms. The molecule has 23 heavy (non-hydrogen) atoms. The minimum absolute atomic E-state index is 0.242. The van der Waals surface area contributed by atoms with Crippen LogP contribution in [0.2, 0.25) is 10.0 Å². The number of hydrogen-bond acceptors (Lipinski definition) is 4. The lowest BCUT2D eigenvalue weighted by molar-refractivity contribution is -0.0384. The Balaban J connectivity index is 2.76. The maximum atomic E-state index is 13.2. The lowest BCUT2D eigenvalue weighted by atomic mass is 10.3. The van der Waals surface area contributed by atoms with Crippen molar-refractivity contribution in [2.45, 2.75) is 10.4 Å². The average molecular weight is 387 g/mol. The van der Waals surface area contributed by atoms with Crippen LogP contribution in [-0.4, -0.2) is 19.5 Å². The molecule has 0 amide bonds. The van der Waals surface area contributed by atoms with Crippen molar-refractivity contribution in [1.82, 2.24) is 9.78 Å². The van der Waals surface area contributed by atoms with Gasteiger partial charge in [-0.25, -0.2) is 13.3 Å². The second kappa shape index (κ2) is 5.99. The van der Waals surface area contributed by atoms with E-state index in [2.05, 4.69) is 5.10 Å². The fourth-order valence-electron chi connectivity index (χ4n) is 1.70. The summed E-state index contributed by atoms with van der Waals surface area (Å²) in [5.74, 6) is -1.54. The van der Waals surface area contributed by atoms with Gasteiger partial charge in [0, 0.05) is 0 Å². The van der Waals surface area contributed by atoms with Crippen molar-refractivity contribution < 1.29 is 21.8 Å². The molecule has 0 bridgehead atoms. The zero-order chi connectivity index (χ0) is 17.5. The standard InChI is InChI=1S/C11H4Cl2F4N4OS/c12-5-1-4(14)2-6(13)8(5)21-10(19)9(7(3-18)20-21)23(22)11(15,16)17/h1-2H,19H2. The van der Waals surface area contributed by atoms with E-state index < -0.39 is 38.5 Å². The second-order valence-electron chi connectivity index (χ2n) is 4.02. The first-order valence-electron chi connectivity index (χ1n) is 5.50. The van der Waals surface area contributed by atoms with Crippen LogP contribution in [0.4, 0.5) is 23.4 Å². The molecule has 0 aliphatic carbocycles. The Morgan fingerprint density at radius 3 is 2.26 bits per heavy atom. The first kappa shape index (κ1) is 17.5. The molecule has 122 valence electrons. The van der Waals surface area contributed by atoms with Gasteiger partial charge in [-0.2, -0.15) is 23.5 Å². The molecule has 0 aliphatic rings. The Labute approximate surface area is 138 Å². The second-order valence-corrected chi connectivity index (χ2v) is 6.24. The van der Waals surface area contributed by atoms with Crippen LogP contribution in [0.25, 0.3) is 5.69 Å². The fourth-order valence-corrected chi connectivity index (χ4v) is 3.09. The van der Waals surface area contributed by atoms with Crippen LogP contribution in [0, 0.1) is 17.1 Å². The molecule has 0 radical (unpaired) electrons. The topological polar surface area (TPSA) is 84.7 Å². The summed E-state index contributed by atoms with van der Waals surface area (Å²) in [5, 5.41) is 11.8. The van der Waals surface area contributed by atoms with Crippen molar-refractivity contribution in [3.63, 3.8) is 0 Å². The maximum Gasteiger partial charge on any atom is 0.476 e. The number of benzene rings is 1. The number of aromatic nitrogens is 2. The summed E-state index contributed by atoms with van der Waals surface area (Å²) in [6.07, 6.45) is 0. The zero-order valence-electron chi connectivity index (χ0n) is 10.7. The lowest BCUT2D eigenvalue weighted by Gasteiger charge is -2.10. The molecular formula is C11H4Cl2F4N4OS. The Morgan fingerprint density at radius 2 is 1.83 bits per heavy atom. The van der Waals surface area contributed by atoms with Crippen LogP contribution < -0.4 is 5.73 Å². The Kier molecular flexibility index (Phi) is 4.57. The molecule has 1 aromatic carbocycles. The summed E-state index contributed by atoms with van der Waals surface area (Å²) in [5.41, 5.74) is -0.670. The molecule has 0 fully saturated rings. The highest BCUT2D eigenvalue weighted by atomic mass is 35.5. The molecule has 1 aromatic heterocycles. The Bertz CT molecular complexity index is 836. The third kappa shape index (κ3) is 3.12. The zero-order valence-corrected chi connectivity index (χ0v) is 13.0. The highest BCUT2D eigenvalue weighted by Crippen LogP contribution is 2.36. The quantitative estimate of drug-likeness (QED) is 0.801. The number of anilines is 1. The van der Waals surface area contributed by atoms with E-state index in [4.69, 9.17) is 34.2 Å². The predicted octanol–water partition coefficient (Wildman–Crippen LogP) is 3.40. The number of nitrogens with two attached hydrogens (primary N) is 1. The maximum absolute atomic E-state index is 13.2. The smallest absolute Gasteiger partial charge is 0.383 e. The number of halogens is 6. The van der Waals surface area contributed by atoms with Crippen molar-refractivity contribution in [3.05, 3.63) is 33.7 Å². The molecule has 1 heterocycles. The molecule has 12 heteroatoms. The summed E-state index contributed by atoms with van der Waals surface area (Å²) in [6.45, 7) is 0. The van der Waals surface area contributed by atoms with E-state index in [1.807, 2.05) is 0 Å². The molecular weight excluding hydrogens is 383 g/mol. The van der Waals surface area contributed by atoms with Crippen LogP contribution in [0.15, 0.2) is 17.0 Å². The molecule has 1 atom stereocenters. The van der Waals surface area contributed by atoms with Gasteiger partial charge in [-0.15, -0.1) is 0 Å². The van der Waals surface area contributed by atoms with Gasteiger partial charge in [0.25, 0.3) is 0 Å². The highest BCUT2D eigenvalue weighted by Gasteiger charge is 2.42. The fraction of sp³-hybridized carbons (Fsp3) is 0.0909. The Morgan fingerprint density at radius 1 is 1.30 bits per heavy atom. The lowest BCUT2D eigenvalue weighted by Crippen LogP contribution is -2.18. The van der Waals surface area contributed by atoms with E-state index >= 15 is 0 Å². The van der Waals surface area contributed by atoms with Crippen LogP contribution in [0.1, 0.15) is 5.69 Å². The van der Waals surface area contributed by atoms with Crippen molar-refractivity contribution in [2.24, 2.45) is 0 Å². The van der Waals surface area contributed by atoms with Crippen molar-refractivity contribution >= 4 is 39.8 Å². The van der Waals surface area contributed by atoms with Crippen LogP contribution >= 0.6 is 23.2 Å². The van der Waals surface area contributed by atoms with E-state index in [1.54, 1.807) is 0 Å². The SMILES string of the molecule is N#Cc1nn(-c2c(Cl)cc(F)cc2Cl)c(N)c1S(=O)C(F)(F)F. The minimum Gasteiger partial charge on any atom is -0.383 e. The van der Waals surface area contributed by atoms with E-state index in [0.717, 1.165) is 12.1 Å². The van der Waals surface area contributed by atoms with Gasteiger partial charge in [0.1, 0.15) is 28.3 Å². The molecule has 2 rings (SSSR count). The van der Waals surface area contributed by atoms with Crippen molar-refractivity contribution in [2.75, 3.05) is 5.73 Å².